The van der Waals surface area contributed by atoms with Gasteiger partial charge in [-0.1, -0.05) is 0 Å². The third-order valence-corrected chi connectivity index (χ3v) is 7.81. The highest BCUT2D eigenvalue weighted by Gasteiger charge is 2.53. The molecule has 0 radical (unpaired) electrons. The number of hydrogen-bond donors (Lipinski definition) is 1. The van der Waals surface area contributed by atoms with Gasteiger partial charge in [0.2, 0.25) is 18.4 Å². The van der Waals surface area contributed by atoms with Crippen LogP contribution in [-0.2, 0) is 19.1 Å². The van der Waals surface area contributed by atoms with E-state index in [-0.39, 0.29) is 48.4 Å². The van der Waals surface area contributed by atoms with Crippen molar-refractivity contribution in [1.29, 1.82) is 0 Å². The number of esters is 1. The van der Waals surface area contributed by atoms with Gasteiger partial charge in [0.25, 0.3) is 0 Å². The molecule has 0 spiro atoms. The lowest BCUT2D eigenvalue weighted by Gasteiger charge is -2.39. The first kappa shape index (κ1) is 23.7. The molecule has 10 nitrogen and oxygen atoms in total. The highest BCUT2D eigenvalue weighted by atomic mass is 16.7. The lowest BCUT2D eigenvalue weighted by atomic mass is 9.66. The molecule has 4 aliphatic rings. The van der Waals surface area contributed by atoms with Crippen molar-refractivity contribution >= 4 is 11.9 Å². The summed E-state index contributed by atoms with van der Waals surface area (Å²) in [6.07, 6.45) is 1.00. The van der Waals surface area contributed by atoms with Crippen LogP contribution < -0.4 is 18.9 Å². The molecule has 196 valence electrons. The van der Waals surface area contributed by atoms with E-state index in [4.69, 9.17) is 28.4 Å². The molecule has 3 heterocycles. The van der Waals surface area contributed by atoms with E-state index in [2.05, 4.69) is 0 Å². The first-order valence-electron chi connectivity index (χ1n) is 12.4. The summed E-state index contributed by atoms with van der Waals surface area (Å²) in [5, 5.41) is 10.5. The van der Waals surface area contributed by atoms with E-state index in [1.165, 1.54) is 14.2 Å². The van der Waals surface area contributed by atoms with Crippen LogP contribution in [0.1, 0.15) is 41.6 Å². The minimum Gasteiger partial charge on any atom is -0.502 e. The standard InChI is InChI=1S/C27H29NO9/c1-32-20-8-14(9-21(33-2)25(20)30)23-15-10-18-19(37-13-36-18)11-16(15)26(17-12-35-27(31)24(17)23)34-7-6-28-5-3-4-22(28)29/h8-11,17,23-24,26,30H,3-7,12-13H2,1-2H3/t17-,23-,24+,26-/m1/s1. The van der Waals surface area contributed by atoms with Crippen LogP contribution in [0, 0.1) is 11.8 Å². The lowest BCUT2D eigenvalue weighted by Crippen LogP contribution is -2.37. The van der Waals surface area contributed by atoms with E-state index in [1.807, 2.05) is 17.0 Å². The number of aromatic hydroxyl groups is 1. The highest BCUT2D eigenvalue weighted by molar-refractivity contribution is 5.79. The van der Waals surface area contributed by atoms with Gasteiger partial charge in [0.15, 0.2) is 23.0 Å². The third kappa shape index (κ3) is 3.90. The van der Waals surface area contributed by atoms with Crippen molar-refractivity contribution in [3.05, 3.63) is 41.0 Å². The summed E-state index contributed by atoms with van der Waals surface area (Å²) in [6.45, 7) is 1.90. The molecule has 2 fully saturated rings. The minimum atomic E-state index is -0.537. The molecule has 6 rings (SSSR count). The Morgan fingerprint density at radius 3 is 2.35 bits per heavy atom. The fourth-order valence-electron chi connectivity index (χ4n) is 6.05. The van der Waals surface area contributed by atoms with Crippen molar-refractivity contribution in [2.24, 2.45) is 11.8 Å². The Morgan fingerprint density at radius 1 is 1.00 bits per heavy atom. The summed E-state index contributed by atoms with van der Waals surface area (Å²) < 4.78 is 34.2. The number of hydrogen-bond acceptors (Lipinski definition) is 9. The van der Waals surface area contributed by atoms with E-state index >= 15 is 0 Å². The van der Waals surface area contributed by atoms with Gasteiger partial charge in [-0.05, 0) is 47.4 Å². The number of phenols is 1. The number of benzene rings is 2. The molecule has 1 aliphatic carbocycles. The van der Waals surface area contributed by atoms with Crippen LogP contribution >= 0.6 is 0 Å². The molecule has 1 amide bonds. The second-order valence-corrected chi connectivity index (χ2v) is 9.68. The van der Waals surface area contributed by atoms with Gasteiger partial charge >= 0.3 is 5.97 Å². The van der Waals surface area contributed by atoms with Crippen LogP contribution in [-0.4, -0.2) is 69.2 Å². The van der Waals surface area contributed by atoms with Crippen LogP contribution in [0.2, 0.25) is 0 Å². The Balaban J connectivity index is 1.43. The van der Waals surface area contributed by atoms with E-state index in [0.29, 0.717) is 31.1 Å². The minimum absolute atomic E-state index is 0.112. The van der Waals surface area contributed by atoms with Crippen LogP contribution in [0.5, 0.6) is 28.7 Å². The summed E-state index contributed by atoms with van der Waals surface area (Å²) in [6, 6.07) is 7.26. The third-order valence-electron chi connectivity index (χ3n) is 7.81. The zero-order valence-corrected chi connectivity index (χ0v) is 20.7. The summed E-state index contributed by atoms with van der Waals surface area (Å²) in [7, 11) is 2.93. The molecule has 4 atom stereocenters. The topological polar surface area (TPSA) is 113 Å². The van der Waals surface area contributed by atoms with Gasteiger partial charge in [0.05, 0.1) is 39.5 Å². The van der Waals surface area contributed by atoms with Crippen LogP contribution in [0.25, 0.3) is 0 Å². The number of methoxy groups -OCH3 is 2. The van der Waals surface area contributed by atoms with Gasteiger partial charge in [-0.25, -0.2) is 0 Å². The SMILES string of the molecule is COc1cc([C@@H]2c3cc4c(cc3[C@@H](OCCN3CCCC3=O)[C@@H]3COC(=O)[C@H]23)OCO4)cc(OC)c1O. The largest absolute Gasteiger partial charge is 0.502 e. The molecule has 0 unspecified atom stereocenters. The van der Waals surface area contributed by atoms with Crippen molar-refractivity contribution < 1.29 is 43.1 Å². The van der Waals surface area contributed by atoms with Crippen LogP contribution in [0.3, 0.4) is 0 Å². The van der Waals surface area contributed by atoms with Crippen LogP contribution in [0.15, 0.2) is 24.3 Å². The summed E-state index contributed by atoms with van der Waals surface area (Å²) in [5.41, 5.74) is 2.47. The van der Waals surface area contributed by atoms with E-state index in [9.17, 15) is 14.7 Å². The number of amides is 1. The average molecular weight is 512 g/mol. The number of carbonyl (C=O) groups excluding carboxylic acids is 2. The molecule has 37 heavy (non-hydrogen) atoms. The number of phenolic OH excluding ortho intramolecular Hbond substituents is 1. The van der Waals surface area contributed by atoms with E-state index in [0.717, 1.165) is 29.7 Å². The maximum atomic E-state index is 13.2. The van der Waals surface area contributed by atoms with Crippen molar-refractivity contribution in [3.8, 4) is 28.7 Å². The normalized spacial score (nSPS) is 25.6. The quantitative estimate of drug-likeness (QED) is 0.561. The van der Waals surface area contributed by atoms with Crippen molar-refractivity contribution in [1.82, 2.24) is 4.90 Å². The van der Waals surface area contributed by atoms with Gasteiger partial charge in [0.1, 0.15) is 0 Å². The van der Waals surface area contributed by atoms with Crippen molar-refractivity contribution in [3.63, 3.8) is 0 Å². The molecule has 2 saturated heterocycles. The van der Waals surface area contributed by atoms with Gasteiger partial charge < -0.3 is 38.4 Å². The van der Waals surface area contributed by atoms with E-state index < -0.39 is 17.9 Å². The first-order chi connectivity index (χ1) is 18.0. The summed E-state index contributed by atoms with van der Waals surface area (Å²) in [4.78, 5) is 27.1. The molecule has 0 bridgehead atoms. The molecule has 0 aromatic heterocycles. The lowest BCUT2D eigenvalue weighted by molar-refractivity contribution is -0.141. The molecule has 3 aliphatic heterocycles. The summed E-state index contributed by atoms with van der Waals surface area (Å²) in [5.74, 6) is 0.193. The Hall–Kier alpha value is -3.66. The summed E-state index contributed by atoms with van der Waals surface area (Å²) >= 11 is 0. The smallest absolute Gasteiger partial charge is 0.310 e. The highest BCUT2D eigenvalue weighted by Crippen LogP contribution is 2.56. The molecule has 2 aromatic carbocycles. The average Bonchev–Trinajstić information content (AvgIpc) is 3.63. The van der Waals surface area contributed by atoms with Crippen molar-refractivity contribution in [2.45, 2.75) is 24.9 Å². The number of nitrogens with zero attached hydrogens (tertiary/aromatic N) is 1. The Kier molecular flexibility index (Phi) is 5.98. The number of likely N-dealkylation sites (tertiary alicyclic amines) is 1. The molecule has 2 aromatic rings. The van der Waals surface area contributed by atoms with Gasteiger partial charge in [-0.15, -0.1) is 0 Å². The molecule has 10 heteroatoms. The predicted octanol–water partition coefficient (Wildman–Crippen LogP) is 2.75. The first-order valence-corrected chi connectivity index (χ1v) is 12.4. The fraction of sp³-hybridized carbons (Fsp3) is 0.481. The van der Waals surface area contributed by atoms with Gasteiger partial charge in [0, 0.05) is 31.3 Å². The molecular weight excluding hydrogens is 482 g/mol. The fourth-order valence-corrected chi connectivity index (χ4v) is 6.05. The number of cyclic esters (lactones) is 1. The number of ether oxygens (including phenoxy) is 6. The molecular formula is C27H29NO9. The monoisotopic (exact) mass is 511 g/mol. The molecule has 0 saturated carbocycles. The maximum absolute atomic E-state index is 13.2. The Labute approximate surface area is 213 Å². The Bertz CT molecular complexity index is 1220. The van der Waals surface area contributed by atoms with Crippen LogP contribution in [0.4, 0.5) is 0 Å². The zero-order valence-electron chi connectivity index (χ0n) is 20.7. The van der Waals surface area contributed by atoms with Gasteiger partial charge in [-0.3, -0.25) is 9.59 Å². The maximum Gasteiger partial charge on any atom is 0.310 e. The van der Waals surface area contributed by atoms with Crippen molar-refractivity contribution in [2.75, 3.05) is 47.3 Å². The number of carbonyl (C=O) groups is 2. The van der Waals surface area contributed by atoms with Gasteiger partial charge in [-0.2, -0.15) is 0 Å². The number of fused-ring (bicyclic) bond motifs is 3. The number of rotatable bonds is 7. The zero-order chi connectivity index (χ0) is 25.7. The van der Waals surface area contributed by atoms with E-state index in [1.54, 1.807) is 12.1 Å². The Morgan fingerprint density at radius 2 is 1.70 bits per heavy atom. The second-order valence-electron chi connectivity index (χ2n) is 9.68. The predicted molar refractivity (Wildman–Crippen MR) is 128 cm³/mol. The second kappa shape index (κ2) is 9.33. The molecule has 1 N–H and O–H groups in total.